The zero-order valence-electron chi connectivity index (χ0n) is 13.6. The minimum atomic E-state index is -0.0447. The van der Waals surface area contributed by atoms with Crippen LogP contribution in [0.2, 0.25) is 5.02 Å². The van der Waals surface area contributed by atoms with Crippen molar-refractivity contribution < 1.29 is 9.53 Å². The second-order valence-corrected chi connectivity index (χ2v) is 6.92. The van der Waals surface area contributed by atoms with Crippen molar-refractivity contribution in [3.8, 4) is 5.75 Å². The summed E-state index contributed by atoms with van der Waals surface area (Å²) in [7, 11) is 3.95. The third-order valence-electron chi connectivity index (χ3n) is 3.20. The summed E-state index contributed by atoms with van der Waals surface area (Å²) >= 11 is 7.53. The first-order valence-electron chi connectivity index (χ1n) is 7.35. The molecule has 0 spiro atoms. The number of amides is 1. The fourth-order valence-corrected chi connectivity index (χ4v) is 2.92. The van der Waals surface area contributed by atoms with E-state index < -0.39 is 0 Å². The number of benzene rings is 1. The molecule has 0 saturated carbocycles. The van der Waals surface area contributed by atoms with Gasteiger partial charge in [0.15, 0.2) is 0 Å². The van der Waals surface area contributed by atoms with Crippen LogP contribution in [0.4, 0.5) is 0 Å². The van der Waals surface area contributed by atoms with Crippen LogP contribution in [-0.4, -0.2) is 38.0 Å². The van der Waals surface area contributed by atoms with E-state index in [1.54, 1.807) is 0 Å². The van der Waals surface area contributed by atoms with Gasteiger partial charge in [-0.25, -0.2) is 0 Å². The summed E-state index contributed by atoms with van der Waals surface area (Å²) in [6.45, 7) is 3.84. The Bertz CT molecular complexity index is 670. The zero-order valence-corrected chi connectivity index (χ0v) is 15.1. The van der Waals surface area contributed by atoms with Crippen molar-refractivity contribution in [3.63, 3.8) is 0 Å². The van der Waals surface area contributed by atoms with E-state index >= 15 is 0 Å². The Hall–Kier alpha value is -1.56. The van der Waals surface area contributed by atoms with Crippen LogP contribution in [0.15, 0.2) is 29.6 Å². The number of halogens is 1. The van der Waals surface area contributed by atoms with Gasteiger partial charge in [0.1, 0.15) is 12.4 Å². The first kappa shape index (κ1) is 17.8. The minimum Gasteiger partial charge on any atom is -0.487 e. The van der Waals surface area contributed by atoms with Gasteiger partial charge in [0.2, 0.25) is 0 Å². The minimum absolute atomic E-state index is 0.0447. The molecular formula is C17H21ClN2O2S. The average Bonchev–Trinajstić information content (AvgIpc) is 2.97. The molecule has 0 fully saturated rings. The molecule has 0 aliphatic heterocycles. The first-order valence-corrected chi connectivity index (χ1v) is 8.61. The van der Waals surface area contributed by atoms with Gasteiger partial charge in [-0.2, -0.15) is 0 Å². The summed E-state index contributed by atoms with van der Waals surface area (Å²) in [5, 5.41) is 5.43. The van der Waals surface area contributed by atoms with Crippen molar-refractivity contribution in [2.24, 2.45) is 0 Å². The lowest BCUT2D eigenvalue weighted by Crippen LogP contribution is -2.30. The van der Waals surface area contributed by atoms with Crippen LogP contribution in [-0.2, 0) is 6.61 Å². The number of likely N-dealkylation sites (N-methyl/N-ethyl adjacent to an activating group) is 1. The molecule has 1 aromatic carbocycles. The van der Waals surface area contributed by atoms with Gasteiger partial charge in [-0.05, 0) is 50.2 Å². The van der Waals surface area contributed by atoms with Crippen molar-refractivity contribution in [3.05, 3.63) is 50.7 Å². The van der Waals surface area contributed by atoms with Gasteiger partial charge >= 0.3 is 0 Å². The molecule has 6 heteroatoms. The SMILES string of the molecule is Cc1ccc(Cl)c(OCc2csc(C(=O)NCCN(C)C)c2)c1. The average molecular weight is 353 g/mol. The molecule has 1 heterocycles. The van der Waals surface area contributed by atoms with Crippen LogP contribution in [0, 0.1) is 6.92 Å². The molecule has 0 radical (unpaired) electrons. The molecule has 1 N–H and O–H groups in total. The van der Waals surface area contributed by atoms with Gasteiger partial charge in [-0.15, -0.1) is 11.3 Å². The van der Waals surface area contributed by atoms with Crippen LogP contribution in [0.1, 0.15) is 20.8 Å². The smallest absolute Gasteiger partial charge is 0.261 e. The van der Waals surface area contributed by atoms with Gasteiger partial charge < -0.3 is 15.0 Å². The van der Waals surface area contributed by atoms with E-state index in [0.717, 1.165) is 17.7 Å². The van der Waals surface area contributed by atoms with Crippen molar-refractivity contribution in [2.75, 3.05) is 27.2 Å². The summed E-state index contributed by atoms with van der Waals surface area (Å²) in [6.07, 6.45) is 0. The summed E-state index contributed by atoms with van der Waals surface area (Å²) in [5.74, 6) is 0.617. The molecular weight excluding hydrogens is 332 g/mol. The number of rotatable bonds is 7. The number of hydrogen-bond donors (Lipinski definition) is 1. The number of ether oxygens (including phenoxy) is 1. The Balaban J connectivity index is 1.89. The van der Waals surface area contributed by atoms with E-state index in [-0.39, 0.29) is 5.91 Å². The van der Waals surface area contributed by atoms with Gasteiger partial charge in [-0.1, -0.05) is 17.7 Å². The van der Waals surface area contributed by atoms with Gasteiger partial charge in [-0.3, -0.25) is 4.79 Å². The number of hydrogen-bond acceptors (Lipinski definition) is 4. The molecule has 0 atom stereocenters. The molecule has 23 heavy (non-hydrogen) atoms. The summed E-state index contributed by atoms with van der Waals surface area (Å²) in [5.41, 5.74) is 2.06. The number of carbonyl (C=O) groups excluding carboxylic acids is 1. The predicted molar refractivity (Wildman–Crippen MR) is 95.7 cm³/mol. The van der Waals surface area contributed by atoms with Crippen LogP contribution < -0.4 is 10.1 Å². The standard InChI is InChI=1S/C17H21ClN2O2S/c1-12-4-5-14(18)15(8-12)22-10-13-9-16(23-11-13)17(21)19-6-7-20(2)3/h4-5,8-9,11H,6-7,10H2,1-3H3,(H,19,21). The number of nitrogens with zero attached hydrogens (tertiary/aromatic N) is 1. The molecule has 2 aromatic rings. The molecule has 1 aromatic heterocycles. The van der Waals surface area contributed by atoms with Crippen molar-refractivity contribution in [1.29, 1.82) is 0 Å². The normalized spacial score (nSPS) is 10.8. The molecule has 124 valence electrons. The van der Waals surface area contributed by atoms with E-state index in [1.165, 1.54) is 11.3 Å². The molecule has 4 nitrogen and oxygen atoms in total. The van der Waals surface area contributed by atoms with E-state index in [1.807, 2.05) is 55.6 Å². The van der Waals surface area contributed by atoms with E-state index in [2.05, 4.69) is 5.32 Å². The van der Waals surface area contributed by atoms with Crippen LogP contribution in [0.3, 0.4) is 0 Å². The maximum absolute atomic E-state index is 12.0. The van der Waals surface area contributed by atoms with Crippen molar-refractivity contribution in [1.82, 2.24) is 10.2 Å². The fourth-order valence-electron chi connectivity index (χ4n) is 1.93. The summed E-state index contributed by atoms with van der Waals surface area (Å²) in [6, 6.07) is 7.53. The van der Waals surface area contributed by atoms with E-state index in [9.17, 15) is 4.79 Å². The second kappa shape index (κ2) is 8.34. The number of thiophene rings is 1. The molecule has 0 aliphatic carbocycles. The zero-order chi connectivity index (χ0) is 16.8. The van der Waals surface area contributed by atoms with Gasteiger partial charge in [0, 0.05) is 18.7 Å². The third kappa shape index (κ3) is 5.53. The Morgan fingerprint density at radius 2 is 2.13 bits per heavy atom. The predicted octanol–water partition coefficient (Wildman–Crippen LogP) is 3.58. The van der Waals surface area contributed by atoms with Crippen molar-refractivity contribution >= 4 is 28.8 Å². The summed E-state index contributed by atoms with van der Waals surface area (Å²) in [4.78, 5) is 14.8. The van der Waals surface area contributed by atoms with Crippen LogP contribution >= 0.6 is 22.9 Å². The number of aryl methyl sites for hydroxylation is 1. The maximum Gasteiger partial charge on any atom is 0.261 e. The Morgan fingerprint density at radius 1 is 1.35 bits per heavy atom. The topological polar surface area (TPSA) is 41.6 Å². The molecule has 0 unspecified atom stereocenters. The number of carbonyl (C=O) groups is 1. The lowest BCUT2D eigenvalue weighted by molar-refractivity contribution is 0.0955. The highest BCUT2D eigenvalue weighted by molar-refractivity contribution is 7.12. The highest BCUT2D eigenvalue weighted by Crippen LogP contribution is 2.26. The van der Waals surface area contributed by atoms with E-state index in [0.29, 0.717) is 28.8 Å². The quantitative estimate of drug-likeness (QED) is 0.828. The monoisotopic (exact) mass is 352 g/mol. The first-order chi connectivity index (χ1) is 11.0. The lowest BCUT2D eigenvalue weighted by atomic mass is 10.2. The summed E-state index contributed by atoms with van der Waals surface area (Å²) < 4.78 is 5.75. The van der Waals surface area contributed by atoms with Gasteiger partial charge in [0.25, 0.3) is 5.91 Å². The number of nitrogens with one attached hydrogen (secondary N) is 1. The molecule has 0 aliphatic rings. The fraction of sp³-hybridized carbons (Fsp3) is 0.353. The highest BCUT2D eigenvalue weighted by atomic mass is 35.5. The maximum atomic E-state index is 12.0. The van der Waals surface area contributed by atoms with Crippen LogP contribution in [0.25, 0.3) is 0 Å². The highest BCUT2D eigenvalue weighted by Gasteiger charge is 2.10. The Labute approximate surface area is 146 Å². The Morgan fingerprint density at radius 3 is 2.87 bits per heavy atom. The molecule has 2 rings (SSSR count). The molecule has 0 bridgehead atoms. The van der Waals surface area contributed by atoms with Crippen LogP contribution in [0.5, 0.6) is 5.75 Å². The molecule has 1 amide bonds. The lowest BCUT2D eigenvalue weighted by Gasteiger charge is -2.09. The molecule has 0 saturated heterocycles. The third-order valence-corrected chi connectivity index (χ3v) is 4.49. The largest absolute Gasteiger partial charge is 0.487 e. The second-order valence-electron chi connectivity index (χ2n) is 5.60. The Kier molecular flexibility index (Phi) is 6.45. The van der Waals surface area contributed by atoms with E-state index in [4.69, 9.17) is 16.3 Å². The van der Waals surface area contributed by atoms with Gasteiger partial charge in [0.05, 0.1) is 9.90 Å². The van der Waals surface area contributed by atoms with Crippen molar-refractivity contribution in [2.45, 2.75) is 13.5 Å².